The van der Waals surface area contributed by atoms with Crippen molar-refractivity contribution in [3.8, 4) is 5.69 Å². The van der Waals surface area contributed by atoms with E-state index in [0.29, 0.717) is 16.4 Å². The molecule has 0 spiro atoms. The molecular formula is C17H15Cl2N3O3S. The van der Waals surface area contributed by atoms with Crippen LogP contribution in [-0.4, -0.2) is 24.6 Å². The fraction of sp³-hybridized carbons (Fsp3) is 0.0588. The van der Waals surface area contributed by atoms with E-state index < -0.39 is 9.84 Å². The van der Waals surface area contributed by atoms with Gasteiger partial charge in [0.15, 0.2) is 5.03 Å². The van der Waals surface area contributed by atoms with Crippen LogP contribution in [0, 0.1) is 6.92 Å². The molecule has 1 aromatic heterocycles. The highest BCUT2D eigenvalue weighted by molar-refractivity contribution is 7.91. The highest BCUT2D eigenvalue weighted by Crippen LogP contribution is 2.28. The van der Waals surface area contributed by atoms with Crippen molar-refractivity contribution in [2.75, 3.05) is 0 Å². The first kappa shape index (κ1) is 20.0. The molecule has 1 heterocycles. The molecule has 0 bridgehead atoms. The number of primary amides is 1. The van der Waals surface area contributed by atoms with Crippen LogP contribution < -0.4 is 5.73 Å². The van der Waals surface area contributed by atoms with Crippen LogP contribution in [0.4, 0.5) is 0 Å². The summed E-state index contributed by atoms with van der Waals surface area (Å²) in [5.74, 6) is 0. The van der Waals surface area contributed by atoms with Gasteiger partial charge < -0.3 is 5.73 Å². The van der Waals surface area contributed by atoms with Crippen molar-refractivity contribution in [2.45, 2.75) is 16.8 Å². The van der Waals surface area contributed by atoms with Gasteiger partial charge >= 0.3 is 0 Å². The smallest absolute Gasteiger partial charge is 0.227 e. The van der Waals surface area contributed by atoms with Crippen LogP contribution in [0.25, 0.3) is 5.69 Å². The molecule has 0 aliphatic heterocycles. The summed E-state index contributed by atoms with van der Waals surface area (Å²) in [6.45, 7) is 1.77. The third-order valence-electron chi connectivity index (χ3n) is 3.35. The number of carbonyl (C=O) groups is 1. The molecule has 136 valence electrons. The number of benzene rings is 2. The Labute approximate surface area is 161 Å². The van der Waals surface area contributed by atoms with E-state index in [2.05, 4.69) is 10.8 Å². The second-order valence-electron chi connectivity index (χ2n) is 5.06. The summed E-state index contributed by atoms with van der Waals surface area (Å²) in [6, 6.07) is 14.9. The van der Waals surface area contributed by atoms with Gasteiger partial charge in [0.2, 0.25) is 16.2 Å². The van der Waals surface area contributed by atoms with Crippen LogP contribution in [0.5, 0.6) is 0 Å². The van der Waals surface area contributed by atoms with Gasteiger partial charge in [0.25, 0.3) is 0 Å². The summed E-state index contributed by atoms with van der Waals surface area (Å²) >= 11 is 12.2. The quantitative estimate of drug-likeness (QED) is 0.667. The minimum atomic E-state index is -3.80. The average Bonchev–Trinajstić information content (AvgIpc) is 2.99. The fourth-order valence-electron chi connectivity index (χ4n) is 2.22. The zero-order valence-electron chi connectivity index (χ0n) is 13.6. The van der Waals surface area contributed by atoms with Gasteiger partial charge in [0, 0.05) is 5.69 Å². The van der Waals surface area contributed by atoms with Crippen molar-refractivity contribution in [3.05, 3.63) is 70.3 Å². The zero-order chi connectivity index (χ0) is 19.3. The molecule has 0 aliphatic rings. The molecule has 0 radical (unpaired) electrons. The number of nitrogens with two attached hydrogens (primary N) is 1. The number of para-hydroxylation sites is 1. The third-order valence-corrected chi connectivity index (χ3v) is 5.79. The predicted molar refractivity (Wildman–Crippen MR) is 100 cm³/mol. The lowest BCUT2D eigenvalue weighted by Gasteiger charge is -2.06. The van der Waals surface area contributed by atoms with Crippen LogP contribution >= 0.6 is 23.2 Å². The molecule has 0 saturated carbocycles. The average molecular weight is 412 g/mol. The molecule has 6 nitrogen and oxygen atoms in total. The summed E-state index contributed by atoms with van der Waals surface area (Å²) in [5.41, 5.74) is 5.44. The van der Waals surface area contributed by atoms with Crippen LogP contribution in [0.15, 0.2) is 64.5 Å². The van der Waals surface area contributed by atoms with Crippen LogP contribution in [-0.2, 0) is 14.6 Å². The molecule has 1 amide bonds. The predicted octanol–water partition coefficient (Wildman–Crippen LogP) is 3.42. The topological polar surface area (TPSA) is 95.1 Å². The van der Waals surface area contributed by atoms with Gasteiger partial charge in [-0.3, -0.25) is 4.79 Å². The van der Waals surface area contributed by atoms with E-state index in [-0.39, 0.29) is 21.4 Å². The molecule has 2 aromatic carbocycles. The number of amides is 1. The minimum absolute atomic E-state index is 0.0328. The monoisotopic (exact) mass is 411 g/mol. The van der Waals surface area contributed by atoms with Crippen molar-refractivity contribution in [1.29, 1.82) is 0 Å². The highest BCUT2D eigenvalue weighted by Gasteiger charge is 2.25. The van der Waals surface area contributed by atoms with Crippen LogP contribution in [0.1, 0.15) is 5.69 Å². The number of carbonyl (C=O) groups excluding carboxylic acids is 1. The van der Waals surface area contributed by atoms with E-state index in [4.69, 9.17) is 28.0 Å². The Kier molecular flexibility index (Phi) is 6.42. The first-order valence-electron chi connectivity index (χ1n) is 7.29. The Morgan fingerprint density at radius 2 is 1.58 bits per heavy atom. The largest absolute Gasteiger partial charge is 0.372 e. The summed E-state index contributed by atoms with van der Waals surface area (Å²) < 4.78 is 27.0. The number of rotatable bonds is 3. The lowest BCUT2D eigenvalue weighted by molar-refractivity contribution is -0.106. The first-order valence-corrected chi connectivity index (χ1v) is 9.53. The number of sulfone groups is 1. The van der Waals surface area contributed by atoms with E-state index in [0.717, 1.165) is 0 Å². The molecule has 0 aliphatic carbocycles. The van der Waals surface area contributed by atoms with Gasteiger partial charge in [-0.1, -0.05) is 47.5 Å². The van der Waals surface area contributed by atoms with Gasteiger partial charge in [-0.05, 0) is 37.3 Å². The Morgan fingerprint density at radius 1 is 1.04 bits per heavy atom. The Hall–Kier alpha value is -2.35. The van der Waals surface area contributed by atoms with Crippen molar-refractivity contribution in [2.24, 2.45) is 5.73 Å². The van der Waals surface area contributed by atoms with Gasteiger partial charge in [0.1, 0.15) is 0 Å². The second kappa shape index (κ2) is 8.35. The standard InChI is InChI=1S/C16H12Cl2N2O2S.CH3NO/c1-11-10-16(19-20(11)14-8-4-2-6-12(14)17)23(21,22)15-9-5-3-7-13(15)18;2-1-3/h2-10H,1H3;1H,(H2,2,3). The molecule has 0 fully saturated rings. The summed E-state index contributed by atoms with van der Waals surface area (Å²) in [6.07, 6.45) is 0.250. The molecule has 0 saturated heterocycles. The van der Waals surface area contributed by atoms with E-state index in [1.165, 1.54) is 22.9 Å². The number of halogens is 2. The van der Waals surface area contributed by atoms with Gasteiger partial charge in [-0.2, -0.15) is 5.10 Å². The van der Waals surface area contributed by atoms with E-state index in [9.17, 15) is 8.42 Å². The Balaban J connectivity index is 0.000000758. The maximum absolute atomic E-state index is 12.7. The molecule has 0 atom stereocenters. The molecule has 3 aromatic rings. The normalized spacial score (nSPS) is 10.7. The molecule has 2 N–H and O–H groups in total. The lowest BCUT2D eigenvalue weighted by atomic mass is 10.3. The molecular weight excluding hydrogens is 397 g/mol. The number of nitrogens with zero attached hydrogens (tertiary/aromatic N) is 2. The summed E-state index contributed by atoms with van der Waals surface area (Å²) in [4.78, 5) is 8.62. The fourth-order valence-corrected chi connectivity index (χ4v) is 4.20. The molecule has 26 heavy (non-hydrogen) atoms. The van der Waals surface area contributed by atoms with Crippen molar-refractivity contribution in [1.82, 2.24) is 9.78 Å². The van der Waals surface area contributed by atoms with Crippen molar-refractivity contribution >= 4 is 39.4 Å². The van der Waals surface area contributed by atoms with Crippen LogP contribution in [0.2, 0.25) is 10.0 Å². The molecule has 0 unspecified atom stereocenters. The number of hydrogen-bond donors (Lipinski definition) is 1. The summed E-state index contributed by atoms with van der Waals surface area (Å²) in [7, 11) is -3.80. The highest BCUT2D eigenvalue weighted by atomic mass is 35.5. The molecule has 9 heteroatoms. The Morgan fingerprint density at radius 3 is 2.15 bits per heavy atom. The lowest BCUT2D eigenvalue weighted by Crippen LogP contribution is -2.05. The maximum atomic E-state index is 12.7. The zero-order valence-corrected chi connectivity index (χ0v) is 16.0. The van der Waals surface area contributed by atoms with Crippen molar-refractivity contribution < 1.29 is 13.2 Å². The Bertz CT molecular complexity index is 1030. The second-order valence-corrected chi connectivity index (χ2v) is 7.74. The minimum Gasteiger partial charge on any atom is -0.372 e. The first-order chi connectivity index (χ1) is 12.3. The van der Waals surface area contributed by atoms with Gasteiger partial charge in [-0.25, -0.2) is 13.1 Å². The number of aryl methyl sites for hydroxylation is 1. The van der Waals surface area contributed by atoms with Gasteiger partial charge in [-0.15, -0.1) is 0 Å². The van der Waals surface area contributed by atoms with E-state index in [1.807, 2.05) is 6.07 Å². The van der Waals surface area contributed by atoms with Crippen molar-refractivity contribution in [3.63, 3.8) is 0 Å². The van der Waals surface area contributed by atoms with E-state index >= 15 is 0 Å². The third kappa shape index (κ3) is 4.07. The SMILES string of the molecule is Cc1cc(S(=O)(=O)c2ccccc2Cl)nn1-c1ccccc1Cl.NC=O. The number of hydrogen-bond acceptors (Lipinski definition) is 4. The number of aromatic nitrogens is 2. The van der Waals surface area contributed by atoms with E-state index in [1.54, 1.807) is 37.3 Å². The molecule has 3 rings (SSSR count). The van der Waals surface area contributed by atoms with Crippen LogP contribution in [0.3, 0.4) is 0 Å². The summed E-state index contributed by atoms with van der Waals surface area (Å²) in [5, 5.41) is 4.80. The maximum Gasteiger partial charge on any atom is 0.227 e. The van der Waals surface area contributed by atoms with Gasteiger partial charge in [0.05, 0.1) is 20.6 Å².